The fourth-order valence-electron chi connectivity index (χ4n) is 2.99. The van der Waals surface area contributed by atoms with Crippen LogP contribution in [0.1, 0.15) is 43.6 Å². The van der Waals surface area contributed by atoms with Gasteiger partial charge in [-0.05, 0) is 45.2 Å². The maximum atomic E-state index is 6.04. The molecule has 0 radical (unpaired) electrons. The molecule has 2 aliphatic rings. The van der Waals surface area contributed by atoms with Gasteiger partial charge in [0.1, 0.15) is 11.0 Å². The molecule has 5 heteroatoms. The molecule has 1 saturated heterocycles. The highest BCUT2D eigenvalue weighted by Crippen LogP contribution is 2.28. The third-order valence-electron chi connectivity index (χ3n) is 4.14. The fraction of sp³-hybridized carbons (Fsp3) is 0.733. The molecule has 0 amide bonds. The van der Waals surface area contributed by atoms with E-state index in [1.165, 1.54) is 32.1 Å². The Balaban J connectivity index is 1.64. The van der Waals surface area contributed by atoms with Crippen molar-refractivity contribution in [3.05, 3.63) is 22.7 Å². The van der Waals surface area contributed by atoms with E-state index in [0.717, 1.165) is 37.2 Å². The molecule has 0 bridgehead atoms. The van der Waals surface area contributed by atoms with Gasteiger partial charge in [0.05, 0.1) is 6.54 Å². The summed E-state index contributed by atoms with van der Waals surface area (Å²) in [6.07, 6.45) is 6.58. The number of piperidine rings is 1. The molecule has 1 unspecified atom stereocenters. The molecule has 1 aliphatic carbocycles. The van der Waals surface area contributed by atoms with Crippen LogP contribution >= 0.6 is 11.6 Å². The van der Waals surface area contributed by atoms with Gasteiger partial charge in [0.2, 0.25) is 0 Å². The van der Waals surface area contributed by atoms with E-state index in [-0.39, 0.29) is 0 Å². The van der Waals surface area contributed by atoms with Gasteiger partial charge >= 0.3 is 0 Å². The van der Waals surface area contributed by atoms with Crippen molar-refractivity contribution >= 4 is 11.6 Å². The van der Waals surface area contributed by atoms with Gasteiger partial charge in [-0.1, -0.05) is 18.0 Å². The second-order valence-electron chi connectivity index (χ2n) is 6.06. The Labute approximate surface area is 125 Å². The van der Waals surface area contributed by atoms with Crippen LogP contribution in [0.15, 0.2) is 6.07 Å². The lowest BCUT2D eigenvalue weighted by Crippen LogP contribution is -2.44. The van der Waals surface area contributed by atoms with Gasteiger partial charge in [0, 0.05) is 24.3 Å². The smallest absolute Gasteiger partial charge is 0.144 e. The van der Waals surface area contributed by atoms with Crippen molar-refractivity contribution < 1.29 is 0 Å². The van der Waals surface area contributed by atoms with Gasteiger partial charge in [0.25, 0.3) is 0 Å². The van der Waals surface area contributed by atoms with Gasteiger partial charge in [-0.15, -0.1) is 0 Å². The summed E-state index contributed by atoms with van der Waals surface area (Å²) in [5.74, 6) is 0.859. The fourth-order valence-corrected chi connectivity index (χ4v) is 3.24. The number of hydrogen-bond acceptors (Lipinski definition) is 4. The number of rotatable bonds is 5. The largest absolute Gasteiger partial charge is 0.313 e. The number of aryl methyl sites for hydroxylation is 1. The van der Waals surface area contributed by atoms with Crippen molar-refractivity contribution in [1.82, 2.24) is 20.2 Å². The number of halogens is 1. The van der Waals surface area contributed by atoms with E-state index < -0.39 is 0 Å². The first-order chi connectivity index (χ1) is 9.70. The molecule has 4 nitrogen and oxygen atoms in total. The summed E-state index contributed by atoms with van der Waals surface area (Å²) < 4.78 is 0. The number of nitrogens with zero attached hydrogens (tertiary/aromatic N) is 3. The van der Waals surface area contributed by atoms with E-state index in [9.17, 15) is 0 Å². The molecular formula is C15H23ClN4. The second kappa shape index (κ2) is 6.37. The van der Waals surface area contributed by atoms with Crippen LogP contribution in [0.25, 0.3) is 0 Å². The summed E-state index contributed by atoms with van der Waals surface area (Å²) in [5, 5.41) is 4.19. The predicted octanol–water partition coefficient (Wildman–Crippen LogP) is 2.54. The molecule has 3 rings (SSSR count). The Morgan fingerprint density at radius 2 is 2.15 bits per heavy atom. The molecule has 1 saturated carbocycles. The van der Waals surface area contributed by atoms with Crippen LogP contribution in [-0.4, -0.2) is 40.0 Å². The molecule has 0 aromatic carbocycles. The Hall–Kier alpha value is -0.710. The van der Waals surface area contributed by atoms with Crippen LogP contribution in [0.5, 0.6) is 0 Å². The summed E-state index contributed by atoms with van der Waals surface area (Å²) in [6.45, 7) is 5.07. The van der Waals surface area contributed by atoms with E-state index in [4.69, 9.17) is 11.6 Å². The molecule has 2 heterocycles. The van der Waals surface area contributed by atoms with Gasteiger partial charge in [-0.3, -0.25) is 4.90 Å². The molecule has 20 heavy (non-hydrogen) atoms. The Kier molecular flexibility index (Phi) is 4.54. The average molecular weight is 295 g/mol. The van der Waals surface area contributed by atoms with Crippen molar-refractivity contribution in [3.63, 3.8) is 0 Å². The minimum Gasteiger partial charge on any atom is -0.313 e. The van der Waals surface area contributed by atoms with Gasteiger partial charge in [-0.25, -0.2) is 9.97 Å². The van der Waals surface area contributed by atoms with Crippen molar-refractivity contribution in [1.29, 1.82) is 0 Å². The zero-order chi connectivity index (χ0) is 13.9. The first kappa shape index (κ1) is 14.2. The van der Waals surface area contributed by atoms with Crippen molar-refractivity contribution in [2.24, 2.45) is 0 Å². The zero-order valence-electron chi connectivity index (χ0n) is 12.1. The summed E-state index contributed by atoms with van der Waals surface area (Å²) in [5.41, 5.74) is 0.950. The van der Waals surface area contributed by atoms with Crippen LogP contribution in [0.4, 0.5) is 0 Å². The summed E-state index contributed by atoms with van der Waals surface area (Å²) in [6, 6.07) is 3.17. The molecule has 110 valence electrons. The number of nitrogens with one attached hydrogen (secondary N) is 1. The lowest BCUT2D eigenvalue weighted by atomic mass is 10.0. The van der Waals surface area contributed by atoms with Crippen molar-refractivity contribution in [3.8, 4) is 0 Å². The van der Waals surface area contributed by atoms with Crippen LogP contribution in [0, 0.1) is 6.92 Å². The van der Waals surface area contributed by atoms with E-state index in [1.807, 2.05) is 13.0 Å². The highest BCUT2D eigenvalue weighted by atomic mass is 35.5. The lowest BCUT2D eigenvalue weighted by molar-refractivity contribution is 0.204. The first-order valence-corrected chi connectivity index (χ1v) is 8.06. The monoisotopic (exact) mass is 294 g/mol. The maximum absolute atomic E-state index is 6.04. The topological polar surface area (TPSA) is 41.1 Å². The maximum Gasteiger partial charge on any atom is 0.144 e. The quantitative estimate of drug-likeness (QED) is 0.848. The molecule has 2 fully saturated rings. The average Bonchev–Trinajstić information content (AvgIpc) is 3.22. The minimum atomic E-state index is 0.555. The third-order valence-corrected chi connectivity index (χ3v) is 4.34. The first-order valence-electron chi connectivity index (χ1n) is 7.68. The molecule has 1 aliphatic heterocycles. The molecule has 1 aromatic rings. The Morgan fingerprint density at radius 1 is 1.30 bits per heavy atom. The Morgan fingerprint density at radius 3 is 2.80 bits per heavy atom. The van der Waals surface area contributed by atoms with Crippen LogP contribution in [-0.2, 0) is 6.54 Å². The molecule has 1 aromatic heterocycles. The second-order valence-corrected chi connectivity index (χ2v) is 6.44. The summed E-state index contributed by atoms with van der Waals surface area (Å²) >= 11 is 6.04. The SMILES string of the molecule is Cc1cc(Cl)nc(CN(CC2CCCCN2)C2CC2)n1. The minimum absolute atomic E-state index is 0.555. The lowest BCUT2D eigenvalue weighted by Gasteiger charge is -2.30. The van der Waals surface area contributed by atoms with Crippen LogP contribution < -0.4 is 5.32 Å². The normalized spacial score (nSPS) is 23.2. The molecule has 1 atom stereocenters. The highest BCUT2D eigenvalue weighted by Gasteiger charge is 2.31. The molecule has 1 N–H and O–H groups in total. The van der Waals surface area contributed by atoms with Gasteiger partial charge in [-0.2, -0.15) is 0 Å². The third kappa shape index (κ3) is 3.90. The van der Waals surface area contributed by atoms with E-state index in [2.05, 4.69) is 20.2 Å². The van der Waals surface area contributed by atoms with Crippen molar-refractivity contribution in [2.45, 2.75) is 57.7 Å². The number of hydrogen-bond donors (Lipinski definition) is 1. The van der Waals surface area contributed by atoms with E-state index in [0.29, 0.717) is 11.2 Å². The summed E-state index contributed by atoms with van der Waals surface area (Å²) in [7, 11) is 0. The van der Waals surface area contributed by atoms with Crippen LogP contribution in [0.2, 0.25) is 5.15 Å². The standard InChI is InChI=1S/C15H23ClN4/c1-11-8-14(16)19-15(18-11)10-20(13-5-6-13)9-12-4-2-3-7-17-12/h8,12-13,17H,2-7,9-10H2,1H3. The Bertz CT molecular complexity index is 435. The van der Waals surface area contributed by atoms with Gasteiger partial charge < -0.3 is 5.32 Å². The van der Waals surface area contributed by atoms with E-state index in [1.54, 1.807) is 0 Å². The highest BCUT2D eigenvalue weighted by molar-refractivity contribution is 6.29. The molecule has 0 spiro atoms. The zero-order valence-corrected chi connectivity index (χ0v) is 12.9. The van der Waals surface area contributed by atoms with Crippen molar-refractivity contribution in [2.75, 3.05) is 13.1 Å². The predicted molar refractivity (Wildman–Crippen MR) is 80.9 cm³/mol. The molecular weight excluding hydrogens is 272 g/mol. The number of aromatic nitrogens is 2. The van der Waals surface area contributed by atoms with Crippen LogP contribution in [0.3, 0.4) is 0 Å². The summed E-state index contributed by atoms with van der Waals surface area (Å²) in [4.78, 5) is 11.4. The van der Waals surface area contributed by atoms with Gasteiger partial charge in [0.15, 0.2) is 0 Å². The van der Waals surface area contributed by atoms with E-state index >= 15 is 0 Å².